The van der Waals surface area contributed by atoms with Crippen LogP contribution in [0.4, 0.5) is 0 Å². The molecule has 2 aromatic carbocycles. The molecule has 0 aliphatic rings. The van der Waals surface area contributed by atoms with E-state index in [-0.39, 0.29) is 0 Å². The first-order chi connectivity index (χ1) is 13.8. The van der Waals surface area contributed by atoms with Gasteiger partial charge in [0.15, 0.2) is 0 Å². The number of benzene rings is 2. The van der Waals surface area contributed by atoms with E-state index >= 15 is 0 Å². The van der Waals surface area contributed by atoms with E-state index in [0.29, 0.717) is 6.42 Å². The number of pyridine rings is 1. The number of hydrogen-bond donors (Lipinski definition) is 0. The number of fused-ring (bicyclic) bond motifs is 1. The lowest BCUT2D eigenvalue weighted by atomic mass is 10.1. The Hall–Kier alpha value is -3.94. The minimum Gasteiger partial charge on any atom is -0.254 e. The van der Waals surface area contributed by atoms with Gasteiger partial charge in [-0.15, -0.1) is 5.10 Å². The Balaban J connectivity index is 1.52. The van der Waals surface area contributed by atoms with Crippen molar-refractivity contribution in [2.75, 3.05) is 0 Å². The summed E-state index contributed by atoms with van der Waals surface area (Å²) < 4.78 is 3.51. The first-order valence-corrected chi connectivity index (χ1v) is 8.87. The van der Waals surface area contributed by atoms with Crippen LogP contribution in [0.5, 0.6) is 0 Å². The fourth-order valence-corrected chi connectivity index (χ4v) is 3.25. The summed E-state index contributed by atoms with van der Waals surface area (Å²) in [7, 11) is 0. The SMILES string of the molecule is Cc1nc(Cc2ccc(-n3cnnn3)cc2)n(-c2cccc3cccnc23)n1. The molecule has 0 bridgehead atoms. The minimum absolute atomic E-state index is 0.653. The molecule has 5 aromatic rings. The molecule has 0 saturated heterocycles. The maximum Gasteiger partial charge on any atom is 0.148 e. The largest absolute Gasteiger partial charge is 0.254 e. The Morgan fingerprint density at radius 2 is 1.82 bits per heavy atom. The van der Waals surface area contributed by atoms with E-state index in [9.17, 15) is 0 Å². The van der Waals surface area contributed by atoms with Gasteiger partial charge >= 0.3 is 0 Å². The van der Waals surface area contributed by atoms with Gasteiger partial charge in [0, 0.05) is 18.0 Å². The Kier molecular flexibility index (Phi) is 3.86. The Morgan fingerprint density at radius 1 is 0.964 bits per heavy atom. The smallest absolute Gasteiger partial charge is 0.148 e. The zero-order chi connectivity index (χ0) is 18.9. The molecule has 0 saturated carbocycles. The normalized spacial score (nSPS) is 11.2. The number of nitrogens with zero attached hydrogens (tertiary/aromatic N) is 8. The highest BCUT2D eigenvalue weighted by molar-refractivity contribution is 5.86. The first kappa shape index (κ1) is 16.2. The van der Waals surface area contributed by atoms with Crippen LogP contribution in [0, 0.1) is 6.92 Å². The highest BCUT2D eigenvalue weighted by Gasteiger charge is 2.13. The predicted molar refractivity (Wildman–Crippen MR) is 103 cm³/mol. The molecular weight excluding hydrogens is 352 g/mol. The maximum absolute atomic E-state index is 4.65. The predicted octanol–water partition coefficient (Wildman–Crippen LogP) is 2.69. The van der Waals surface area contributed by atoms with Crippen LogP contribution in [0.3, 0.4) is 0 Å². The number of tetrazole rings is 1. The molecule has 0 amide bonds. The fourth-order valence-electron chi connectivity index (χ4n) is 3.25. The first-order valence-electron chi connectivity index (χ1n) is 8.87. The molecule has 0 atom stereocenters. The molecule has 3 aromatic heterocycles. The molecule has 0 aliphatic carbocycles. The van der Waals surface area contributed by atoms with Crippen molar-refractivity contribution in [1.29, 1.82) is 0 Å². The van der Waals surface area contributed by atoms with Gasteiger partial charge in [0.1, 0.15) is 18.0 Å². The van der Waals surface area contributed by atoms with Crippen molar-refractivity contribution in [3.8, 4) is 11.4 Å². The Morgan fingerprint density at radius 3 is 2.64 bits per heavy atom. The van der Waals surface area contributed by atoms with Crippen molar-refractivity contribution in [2.45, 2.75) is 13.3 Å². The van der Waals surface area contributed by atoms with Crippen LogP contribution in [-0.2, 0) is 6.42 Å². The van der Waals surface area contributed by atoms with Gasteiger partial charge < -0.3 is 0 Å². The van der Waals surface area contributed by atoms with E-state index in [1.54, 1.807) is 17.2 Å². The van der Waals surface area contributed by atoms with E-state index in [1.807, 2.05) is 66.2 Å². The van der Waals surface area contributed by atoms with Crippen LogP contribution in [0.2, 0.25) is 0 Å². The summed E-state index contributed by atoms with van der Waals surface area (Å²) >= 11 is 0. The van der Waals surface area contributed by atoms with Gasteiger partial charge in [0.2, 0.25) is 0 Å². The zero-order valence-corrected chi connectivity index (χ0v) is 15.1. The monoisotopic (exact) mass is 368 g/mol. The summed E-state index contributed by atoms with van der Waals surface area (Å²) in [4.78, 5) is 9.19. The number of hydrogen-bond acceptors (Lipinski definition) is 6. The quantitative estimate of drug-likeness (QED) is 0.485. The number of aryl methyl sites for hydroxylation is 1. The molecule has 0 radical (unpaired) electrons. The van der Waals surface area contributed by atoms with E-state index in [0.717, 1.165) is 39.5 Å². The molecular formula is C20H16N8. The molecule has 28 heavy (non-hydrogen) atoms. The Labute approximate surface area is 160 Å². The second-order valence-electron chi connectivity index (χ2n) is 6.44. The van der Waals surface area contributed by atoms with Gasteiger partial charge in [-0.2, -0.15) is 5.10 Å². The third-order valence-corrected chi connectivity index (χ3v) is 4.53. The van der Waals surface area contributed by atoms with E-state index < -0.39 is 0 Å². The lowest BCUT2D eigenvalue weighted by molar-refractivity contribution is 0.787. The number of rotatable bonds is 4. The topological polar surface area (TPSA) is 87.2 Å². The lowest BCUT2D eigenvalue weighted by Crippen LogP contribution is -2.05. The average Bonchev–Trinajstić information content (AvgIpc) is 3.38. The van der Waals surface area contributed by atoms with Gasteiger partial charge in [-0.1, -0.05) is 30.3 Å². The second kappa shape index (κ2) is 6.66. The molecule has 3 heterocycles. The lowest BCUT2D eigenvalue weighted by Gasteiger charge is -2.09. The van der Waals surface area contributed by atoms with Gasteiger partial charge in [-0.3, -0.25) is 4.98 Å². The number of para-hydroxylation sites is 1. The zero-order valence-electron chi connectivity index (χ0n) is 15.1. The van der Waals surface area contributed by atoms with Crippen molar-refractivity contribution in [3.63, 3.8) is 0 Å². The van der Waals surface area contributed by atoms with Gasteiger partial charge in [-0.25, -0.2) is 14.3 Å². The summed E-state index contributed by atoms with van der Waals surface area (Å²) in [6.07, 6.45) is 4.02. The van der Waals surface area contributed by atoms with E-state index in [2.05, 4.69) is 30.6 Å². The fraction of sp³-hybridized carbons (Fsp3) is 0.100. The summed E-state index contributed by atoms with van der Waals surface area (Å²) in [5, 5.41) is 16.9. The molecule has 0 unspecified atom stereocenters. The van der Waals surface area contributed by atoms with Crippen LogP contribution >= 0.6 is 0 Å². The van der Waals surface area contributed by atoms with Crippen LogP contribution in [0.1, 0.15) is 17.2 Å². The molecule has 5 rings (SSSR count). The summed E-state index contributed by atoms with van der Waals surface area (Å²) in [6.45, 7) is 1.90. The van der Waals surface area contributed by atoms with Gasteiger partial charge in [0.05, 0.1) is 16.9 Å². The molecule has 0 N–H and O–H groups in total. The average molecular weight is 368 g/mol. The molecule has 0 aliphatic heterocycles. The van der Waals surface area contributed by atoms with Crippen molar-refractivity contribution in [3.05, 3.63) is 84.3 Å². The van der Waals surface area contributed by atoms with Crippen molar-refractivity contribution >= 4 is 10.9 Å². The maximum atomic E-state index is 4.65. The molecule has 8 nitrogen and oxygen atoms in total. The molecule has 8 heteroatoms. The number of aromatic nitrogens is 8. The van der Waals surface area contributed by atoms with Crippen LogP contribution in [-0.4, -0.2) is 40.0 Å². The van der Waals surface area contributed by atoms with Crippen molar-refractivity contribution < 1.29 is 0 Å². The summed E-state index contributed by atoms with van der Waals surface area (Å²) in [5.74, 6) is 1.60. The van der Waals surface area contributed by atoms with E-state index in [1.165, 1.54) is 0 Å². The molecule has 136 valence electrons. The van der Waals surface area contributed by atoms with Gasteiger partial charge in [0.25, 0.3) is 0 Å². The van der Waals surface area contributed by atoms with Crippen LogP contribution in [0.15, 0.2) is 67.1 Å². The summed E-state index contributed by atoms with van der Waals surface area (Å²) in [5.41, 5.74) is 3.87. The standard InChI is InChI=1S/C20H16N8/c1-14-23-19(12-15-7-9-17(10-8-15)27-13-22-25-26-27)28(24-14)18-6-2-4-16-5-3-11-21-20(16)18/h2-11,13H,12H2,1H3. The highest BCUT2D eigenvalue weighted by atomic mass is 15.5. The Bertz CT molecular complexity index is 1230. The van der Waals surface area contributed by atoms with Crippen LogP contribution < -0.4 is 0 Å². The van der Waals surface area contributed by atoms with E-state index in [4.69, 9.17) is 0 Å². The highest BCUT2D eigenvalue weighted by Crippen LogP contribution is 2.22. The van der Waals surface area contributed by atoms with Crippen molar-refractivity contribution in [1.82, 2.24) is 40.0 Å². The molecule has 0 spiro atoms. The second-order valence-corrected chi connectivity index (χ2v) is 6.44. The van der Waals surface area contributed by atoms with Crippen molar-refractivity contribution in [2.24, 2.45) is 0 Å². The third-order valence-electron chi connectivity index (χ3n) is 4.53. The molecule has 0 fully saturated rings. The minimum atomic E-state index is 0.653. The third kappa shape index (κ3) is 2.90. The van der Waals surface area contributed by atoms with Gasteiger partial charge in [-0.05, 0) is 47.2 Å². The summed E-state index contributed by atoms with van der Waals surface area (Å²) in [6, 6.07) is 18.1. The van der Waals surface area contributed by atoms with Crippen LogP contribution in [0.25, 0.3) is 22.3 Å².